The Hall–Kier alpha value is -3.73. The van der Waals surface area contributed by atoms with Crippen molar-refractivity contribution in [3.63, 3.8) is 0 Å². The van der Waals surface area contributed by atoms with Gasteiger partial charge in [-0.15, -0.1) is 0 Å². The first-order valence-corrected chi connectivity index (χ1v) is 7.83. The number of imidazole rings is 2. The average molecular weight is 371 g/mol. The van der Waals surface area contributed by atoms with Gasteiger partial charge < -0.3 is 15.7 Å². The van der Waals surface area contributed by atoms with E-state index >= 15 is 0 Å². The molecular weight excluding hydrogens is 354 g/mol. The second kappa shape index (κ2) is 7.25. The summed E-state index contributed by atoms with van der Waals surface area (Å²) in [6.07, 6.45) is 1.47. The van der Waals surface area contributed by atoms with Crippen LogP contribution in [0, 0.1) is 0 Å². The molecule has 3 aromatic rings. The number of likely N-dealkylation sites (N-methyl/N-ethyl adjacent to an activating group) is 1. The number of carbonyl (C=O) groups excluding carboxylic acids is 3. The monoisotopic (exact) mass is 371 g/mol. The molecule has 0 saturated heterocycles. The lowest BCUT2D eigenvalue weighted by molar-refractivity contribution is -0.167. The number of para-hydroxylation sites is 1. The molecule has 0 atom stereocenters. The van der Waals surface area contributed by atoms with E-state index in [2.05, 4.69) is 25.3 Å². The molecule has 0 bridgehead atoms. The molecule has 0 spiro atoms. The molecule has 11 heteroatoms. The highest BCUT2D eigenvalue weighted by Gasteiger charge is 2.17. The molecule has 3 rings (SSSR count). The lowest BCUT2D eigenvalue weighted by Gasteiger charge is -2.12. The van der Waals surface area contributed by atoms with Crippen molar-refractivity contribution in [2.24, 2.45) is 5.73 Å². The number of carbonyl (C=O) groups is 3. The standard InChI is InChI=1S/C16H17N7O4/c1-23(27-2)11(24)6-8-7-18-16(19-8)22-15(26)9-4-3-5-10-12(9)21-14(20-10)13(17)25/h3-5,7H,6H2,1-2H3,(H2,17,25)(H,20,21)(H2,18,19,22,26). The van der Waals surface area contributed by atoms with Gasteiger partial charge in [0.2, 0.25) is 5.95 Å². The largest absolute Gasteiger partial charge is 0.363 e. The van der Waals surface area contributed by atoms with Crippen molar-refractivity contribution in [1.82, 2.24) is 25.0 Å². The quantitative estimate of drug-likeness (QED) is 0.453. The van der Waals surface area contributed by atoms with Crippen LogP contribution in [-0.4, -0.2) is 56.9 Å². The zero-order valence-corrected chi connectivity index (χ0v) is 14.6. The summed E-state index contributed by atoms with van der Waals surface area (Å²) in [7, 11) is 2.88. The van der Waals surface area contributed by atoms with Crippen LogP contribution in [0.4, 0.5) is 5.95 Å². The fourth-order valence-electron chi connectivity index (χ4n) is 2.40. The van der Waals surface area contributed by atoms with Crippen LogP contribution in [0.25, 0.3) is 11.0 Å². The van der Waals surface area contributed by atoms with Gasteiger partial charge in [0.05, 0.1) is 30.8 Å². The highest BCUT2D eigenvalue weighted by molar-refractivity contribution is 6.11. The highest BCUT2D eigenvalue weighted by Crippen LogP contribution is 2.18. The van der Waals surface area contributed by atoms with Gasteiger partial charge in [-0.2, -0.15) is 0 Å². The van der Waals surface area contributed by atoms with E-state index in [1.165, 1.54) is 20.4 Å². The van der Waals surface area contributed by atoms with E-state index in [4.69, 9.17) is 10.6 Å². The van der Waals surface area contributed by atoms with E-state index in [1.54, 1.807) is 18.2 Å². The lowest BCUT2D eigenvalue weighted by atomic mass is 10.2. The third kappa shape index (κ3) is 3.77. The molecule has 0 aliphatic carbocycles. The van der Waals surface area contributed by atoms with E-state index in [-0.39, 0.29) is 29.7 Å². The number of H-pyrrole nitrogens is 2. The third-order valence-electron chi connectivity index (χ3n) is 3.82. The molecule has 0 aliphatic heterocycles. The number of hydrogen-bond donors (Lipinski definition) is 4. The molecule has 0 saturated carbocycles. The summed E-state index contributed by atoms with van der Waals surface area (Å²) >= 11 is 0. The number of nitrogens with two attached hydrogens (primary N) is 1. The number of amides is 3. The number of hydrogen-bond acceptors (Lipinski definition) is 6. The molecule has 140 valence electrons. The highest BCUT2D eigenvalue weighted by atomic mass is 16.7. The minimum atomic E-state index is -0.723. The Morgan fingerprint density at radius 2 is 2.07 bits per heavy atom. The van der Waals surface area contributed by atoms with Crippen LogP contribution < -0.4 is 11.1 Å². The van der Waals surface area contributed by atoms with Crippen LogP contribution in [0.5, 0.6) is 0 Å². The van der Waals surface area contributed by atoms with E-state index in [1.807, 2.05) is 0 Å². The van der Waals surface area contributed by atoms with Crippen LogP contribution in [0.15, 0.2) is 24.4 Å². The van der Waals surface area contributed by atoms with Crippen molar-refractivity contribution in [3.05, 3.63) is 41.5 Å². The van der Waals surface area contributed by atoms with Crippen LogP contribution in [0.1, 0.15) is 26.7 Å². The maximum Gasteiger partial charge on any atom is 0.284 e. The Labute approximate surface area is 152 Å². The van der Waals surface area contributed by atoms with Gasteiger partial charge in [-0.05, 0) is 12.1 Å². The van der Waals surface area contributed by atoms with Gasteiger partial charge in [-0.25, -0.2) is 15.0 Å². The molecule has 0 aliphatic rings. The molecule has 2 heterocycles. The number of anilines is 1. The van der Waals surface area contributed by atoms with Gasteiger partial charge in [-0.1, -0.05) is 6.07 Å². The number of hydroxylamine groups is 2. The van der Waals surface area contributed by atoms with Gasteiger partial charge in [-0.3, -0.25) is 24.5 Å². The predicted molar refractivity (Wildman–Crippen MR) is 94.6 cm³/mol. The Kier molecular flexibility index (Phi) is 4.86. The van der Waals surface area contributed by atoms with Crippen molar-refractivity contribution in [3.8, 4) is 0 Å². The first-order chi connectivity index (χ1) is 12.9. The number of primary amides is 1. The first kappa shape index (κ1) is 18.1. The van der Waals surface area contributed by atoms with E-state index in [0.29, 0.717) is 16.7 Å². The number of benzene rings is 1. The second-order valence-electron chi connectivity index (χ2n) is 5.61. The predicted octanol–water partition coefficient (Wildman–Crippen LogP) is 0.200. The summed E-state index contributed by atoms with van der Waals surface area (Å²) in [4.78, 5) is 54.2. The molecule has 0 radical (unpaired) electrons. The molecule has 27 heavy (non-hydrogen) atoms. The van der Waals surface area contributed by atoms with Gasteiger partial charge >= 0.3 is 0 Å². The van der Waals surface area contributed by atoms with Gasteiger partial charge in [0, 0.05) is 12.7 Å². The maximum absolute atomic E-state index is 12.6. The number of rotatable bonds is 6. The molecule has 0 unspecified atom stereocenters. The molecule has 2 aromatic heterocycles. The second-order valence-corrected chi connectivity index (χ2v) is 5.61. The van der Waals surface area contributed by atoms with E-state index < -0.39 is 11.8 Å². The van der Waals surface area contributed by atoms with Crippen LogP contribution in [0.2, 0.25) is 0 Å². The topological polar surface area (TPSA) is 159 Å². The minimum Gasteiger partial charge on any atom is -0.363 e. The van der Waals surface area contributed by atoms with Gasteiger partial charge in [0.25, 0.3) is 17.7 Å². The Bertz CT molecular complexity index is 1020. The Morgan fingerprint density at radius 1 is 1.30 bits per heavy atom. The summed E-state index contributed by atoms with van der Waals surface area (Å²) in [5.74, 6) is -1.35. The minimum absolute atomic E-state index is 0.0319. The fourth-order valence-corrected chi connectivity index (χ4v) is 2.40. The number of fused-ring (bicyclic) bond motifs is 1. The van der Waals surface area contributed by atoms with Crippen molar-refractivity contribution in [2.45, 2.75) is 6.42 Å². The summed E-state index contributed by atoms with van der Waals surface area (Å²) in [6.45, 7) is 0. The number of nitrogens with one attached hydrogen (secondary N) is 3. The maximum atomic E-state index is 12.6. The zero-order chi connectivity index (χ0) is 19.6. The van der Waals surface area contributed by atoms with Gasteiger partial charge in [0.15, 0.2) is 5.82 Å². The summed E-state index contributed by atoms with van der Waals surface area (Å²) in [6, 6.07) is 4.88. The zero-order valence-electron chi connectivity index (χ0n) is 14.6. The molecule has 5 N–H and O–H groups in total. The lowest BCUT2D eigenvalue weighted by Crippen LogP contribution is -2.27. The van der Waals surface area contributed by atoms with E-state index in [9.17, 15) is 14.4 Å². The first-order valence-electron chi connectivity index (χ1n) is 7.83. The van der Waals surface area contributed by atoms with Crippen LogP contribution in [-0.2, 0) is 16.1 Å². The van der Waals surface area contributed by atoms with Crippen LogP contribution in [0.3, 0.4) is 0 Å². The van der Waals surface area contributed by atoms with Crippen molar-refractivity contribution in [2.75, 3.05) is 19.5 Å². The molecule has 3 amide bonds. The Balaban J connectivity index is 1.77. The van der Waals surface area contributed by atoms with Crippen LogP contribution >= 0.6 is 0 Å². The number of nitrogens with zero attached hydrogens (tertiary/aromatic N) is 3. The summed E-state index contributed by atoms with van der Waals surface area (Å²) in [5, 5.41) is 3.68. The summed E-state index contributed by atoms with van der Waals surface area (Å²) < 4.78 is 0. The smallest absolute Gasteiger partial charge is 0.284 e. The number of aromatic amines is 2. The average Bonchev–Trinajstić information content (AvgIpc) is 3.27. The SMILES string of the molecule is CON(C)C(=O)Cc1cnc(NC(=O)c2cccc3[nH]c(C(N)=O)nc23)[nH]1. The van der Waals surface area contributed by atoms with Crippen molar-refractivity contribution < 1.29 is 19.2 Å². The molecule has 11 nitrogen and oxygen atoms in total. The summed E-state index contributed by atoms with van der Waals surface area (Å²) in [5.41, 5.74) is 6.78. The molecule has 1 aromatic carbocycles. The number of aromatic nitrogens is 4. The molecular formula is C16H17N7O4. The normalized spacial score (nSPS) is 10.7. The third-order valence-corrected chi connectivity index (χ3v) is 3.82. The molecule has 0 fully saturated rings. The van der Waals surface area contributed by atoms with E-state index in [0.717, 1.165) is 5.06 Å². The Morgan fingerprint density at radius 3 is 2.78 bits per heavy atom. The van der Waals surface area contributed by atoms with Crippen molar-refractivity contribution >= 4 is 34.7 Å². The fraction of sp³-hybridized carbons (Fsp3) is 0.188. The van der Waals surface area contributed by atoms with Crippen molar-refractivity contribution in [1.29, 1.82) is 0 Å². The van der Waals surface area contributed by atoms with Gasteiger partial charge in [0.1, 0.15) is 5.52 Å².